The van der Waals surface area contributed by atoms with Crippen LogP contribution in [0.2, 0.25) is 0 Å². The quantitative estimate of drug-likeness (QED) is 0.361. The Morgan fingerprint density at radius 3 is 2.50 bits per heavy atom. The van der Waals surface area contributed by atoms with E-state index in [1.807, 2.05) is 52.9 Å². The second-order valence-electron chi connectivity index (χ2n) is 4.17. The third kappa shape index (κ3) is 4.97. The second-order valence-corrected chi connectivity index (χ2v) is 6.33. The topological polar surface area (TPSA) is 67.9 Å². The molecule has 0 aliphatic rings. The molecule has 0 aromatic heterocycles. The van der Waals surface area contributed by atoms with Crippen molar-refractivity contribution in [1.29, 1.82) is 0 Å². The summed E-state index contributed by atoms with van der Waals surface area (Å²) >= 11 is 1.83. The molecule has 110 valence electrons. The Morgan fingerprint density at radius 1 is 1.35 bits per heavy atom. The van der Waals surface area contributed by atoms with Gasteiger partial charge < -0.3 is 4.74 Å². The number of carbonyl (C=O) groups is 2. The molecule has 7 heteroatoms. The van der Waals surface area contributed by atoms with E-state index in [9.17, 15) is 9.59 Å². The van der Waals surface area contributed by atoms with Crippen LogP contribution in [0.15, 0.2) is 30.3 Å². The molecule has 1 aromatic rings. The van der Waals surface area contributed by atoms with Crippen molar-refractivity contribution in [2.24, 2.45) is 0 Å². The number of alkyl carbamates (subject to hydrolysis) is 1. The lowest BCUT2D eigenvalue weighted by atomic mass is 10.2. The predicted molar refractivity (Wildman–Crippen MR) is 82.0 cm³/mol. The highest BCUT2D eigenvalue weighted by Gasteiger charge is 2.35. The van der Waals surface area contributed by atoms with Gasteiger partial charge in [-0.2, -0.15) is 0 Å². The minimum absolute atomic E-state index is 0.147. The normalized spacial score (nSPS) is 13.2. The van der Waals surface area contributed by atoms with Gasteiger partial charge in [-0.15, -0.1) is 0 Å². The lowest BCUT2D eigenvalue weighted by molar-refractivity contribution is -0.171. The van der Waals surface area contributed by atoms with E-state index in [1.54, 1.807) is 6.92 Å². The zero-order valence-electron chi connectivity index (χ0n) is 11.6. The number of benzene rings is 1. The van der Waals surface area contributed by atoms with Crippen LogP contribution < -0.4 is 5.32 Å². The molecule has 1 rings (SSSR count). The number of hydrogen-bond acceptors (Lipinski definition) is 4. The molecule has 20 heavy (non-hydrogen) atoms. The van der Waals surface area contributed by atoms with E-state index in [-0.39, 0.29) is 6.61 Å². The number of rotatable bonds is 5. The third-order valence-corrected chi connectivity index (χ3v) is 3.24. The van der Waals surface area contributed by atoms with E-state index in [2.05, 4.69) is 5.32 Å². The van der Waals surface area contributed by atoms with Gasteiger partial charge in [0.25, 0.3) is 5.91 Å². The van der Waals surface area contributed by atoms with Gasteiger partial charge in [-0.3, -0.25) is 14.9 Å². The van der Waals surface area contributed by atoms with Crippen molar-refractivity contribution in [3.63, 3.8) is 0 Å². The molecule has 1 atom stereocenters. The molecule has 2 amide bonds. The fourth-order valence-corrected chi connectivity index (χ4v) is 1.94. The highest BCUT2D eigenvalue weighted by Crippen LogP contribution is 2.17. The molecule has 0 unspecified atom stereocenters. The summed E-state index contributed by atoms with van der Waals surface area (Å²) in [4.78, 5) is 28.4. The van der Waals surface area contributed by atoms with Crippen molar-refractivity contribution in [3.8, 4) is 0 Å². The Morgan fingerprint density at radius 2 is 1.95 bits per heavy atom. The SMILES string of the molecule is CON(C)C(=O)[C@@](C)(I)NC(=O)OCc1ccccc1. The zero-order chi connectivity index (χ0) is 15.2. The van der Waals surface area contributed by atoms with Crippen LogP contribution in [0.5, 0.6) is 0 Å². The minimum Gasteiger partial charge on any atom is -0.445 e. The fourth-order valence-electron chi connectivity index (χ4n) is 1.38. The molecule has 0 saturated heterocycles. The molecule has 0 spiro atoms. The molecule has 0 fully saturated rings. The van der Waals surface area contributed by atoms with E-state index in [1.165, 1.54) is 14.2 Å². The highest BCUT2D eigenvalue weighted by atomic mass is 127. The summed E-state index contributed by atoms with van der Waals surface area (Å²) in [5.74, 6) is -0.391. The summed E-state index contributed by atoms with van der Waals surface area (Å²) in [7, 11) is 2.84. The molecule has 1 N–H and O–H groups in total. The molecular weight excluding hydrogens is 375 g/mol. The van der Waals surface area contributed by atoms with Crippen molar-refractivity contribution >= 4 is 34.6 Å². The maximum Gasteiger partial charge on any atom is 0.408 e. The van der Waals surface area contributed by atoms with Gasteiger partial charge in [0.15, 0.2) is 3.55 Å². The molecule has 0 heterocycles. The van der Waals surface area contributed by atoms with Gasteiger partial charge in [0, 0.05) is 7.05 Å². The number of hydrogen-bond donors (Lipinski definition) is 1. The molecule has 1 aromatic carbocycles. The number of carbonyl (C=O) groups excluding carboxylic acids is 2. The maximum atomic E-state index is 11.9. The molecule has 0 aliphatic heterocycles. The first kappa shape index (κ1) is 16.7. The van der Waals surface area contributed by atoms with Gasteiger partial charge in [0.05, 0.1) is 7.11 Å². The van der Waals surface area contributed by atoms with E-state index >= 15 is 0 Å². The Balaban J connectivity index is 2.51. The first-order chi connectivity index (χ1) is 9.36. The summed E-state index contributed by atoms with van der Waals surface area (Å²) in [6.45, 7) is 1.71. The fraction of sp³-hybridized carbons (Fsp3) is 0.385. The monoisotopic (exact) mass is 392 g/mol. The lowest BCUT2D eigenvalue weighted by Gasteiger charge is -2.26. The minimum atomic E-state index is -1.14. The standard InChI is InChI=1S/C13H17IN2O4/c1-13(14,11(17)16(2)19-3)15-12(18)20-9-10-7-5-4-6-8-10/h4-8H,9H2,1-3H3,(H,15,18)/t13-/m0/s1. The number of alkyl halides is 1. The molecule has 0 saturated carbocycles. The van der Waals surface area contributed by atoms with E-state index in [4.69, 9.17) is 9.57 Å². The molecule has 6 nitrogen and oxygen atoms in total. The van der Waals surface area contributed by atoms with Crippen molar-refractivity contribution in [1.82, 2.24) is 10.4 Å². The molecule has 0 aliphatic carbocycles. The van der Waals surface area contributed by atoms with Gasteiger partial charge in [-0.1, -0.05) is 30.3 Å². The number of hydroxylamine groups is 2. The molecule has 0 bridgehead atoms. The second kappa shape index (κ2) is 7.44. The van der Waals surface area contributed by atoms with Crippen LogP contribution in [0.4, 0.5) is 4.79 Å². The average molecular weight is 392 g/mol. The van der Waals surface area contributed by atoms with Gasteiger partial charge in [0.2, 0.25) is 0 Å². The van der Waals surface area contributed by atoms with Crippen LogP contribution in [0.1, 0.15) is 12.5 Å². The van der Waals surface area contributed by atoms with Crippen LogP contribution >= 0.6 is 22.6 Å². The van der Waals surface area contributed by atoms with Gasteiger partial charge in [0.1, 0.15) is 6.61 Å². The Labute approximate surface area is 131 Å². The van der Waals surface area contributed by atoms with Crippen LogP contribution in [0.25, 0.3) is 0 Å². The number of ether oxygens (including phenoxy) is 1. The Bertz CT molecular complexity index is 465. The number of nitrogens with zero attached hydrogens (tertiary/aromatic N) is 1. The summed E-state index contributed by atoms with van der Waals surface area (Å²) in [5.41, 5.74) is 0.873. The van der Waals surface area contributed by atoms with Crippen LogP contribution in [0.3, 0.4) is 0 Å². The number of likely N-dealkylation sites (N-methyl/N-ethyl adjacent to an activating group) is 1. The summed E-state index contributed by atoms with van der Waals surface area (Å²) in [5, 5.41) is 3.54. The predicted octanol–water partition coefficient (Wildman–Crippen LogP) is 2.08. The first-order valence-electron chi connectivity index (χ1n) is 5.87. The first-order valence-corrected chi connectivity index (χ1v) is 6.94. The van der Waals surface area contributed by atoms with Crippen LogP contribution in [-0.4, -0.2) is 34.8 Å². The summed E-state index contributed by atoms with van der Waals surface area (Å²) in [6.07, 6.45) is -0.663. The zero-order valence-corrected chi connectivity index (χ0v) is 13.7. The van der Waals surface area contributed by atoms with E-state index < -0.39 is 15.5 Å². The Kier molecular flexibility index (Phi) is 6.21. The van der Waals surface area contributed by atoms with Crippen molar-refractivity contribution in [2.45, 2.75) is 17.1 Å². The largest absolute Gasteiger partial charge is 0.445 e. The Hall–Kier alpha value is -1.35. The summed E-state index contributed by atoms with van der Waals surface area (Å²) in [6, 6.07) is 9.29. The summed E-state index contributed by atoms with van der Waals surface area (Å²) < 4.78 is 3.92. The average Bonchev–Trinajstić information content (AvgIpc) is 2.44. The lowest BCUT2D eigenvalue weighted by Crippen LogP contribution is -2.52. The van der Waals surface area contributed by atoms with E-state index in [0.717, 1.165) is 10.6 Å². The van der Waals surface area contributed by atoms with Crippen molar-refractivity contribution in [3.05, 3.63) is 35.9 Å². The van der Waals surface area contributed by atoms with Gasteiger partial charge in [-0.25, -0.2) is 9.86 Å². The van der Waals surface area contributed by atoms with E-state index in [0.29, 0.717) is 0 Å². The molecular formula is C13H17IN2O4. The van der Waals surface area contributed by atoms with Crippen LogP contribution in [0, 0.1) is 0 Å². The van der Waals surface area contributed by atoms with Crippen molar-refractivity contribution < 1.29 is 19.2 Å². The van der Waals surface area contributed by atoms with Gasteiger partial charge >= 0.3 is 6.09 Å². The maximum absolute atomic E-state index is 11.9. The highest BCUT2D eigenvalue weighted by molar-refractivity contribution is 14.1. The van der Waals surface area contributed by atoms with Crippen molar-refractivity contribution in [2.75, 3.05) is 14.2 Å². The number of halogens is 1. The van der Waals surface area contributed by atoms with Gasteiger partial charge in [-0.05, 0) is 35.1 Å². The third-order valence-electron chi connectivity index (χ3n) is 2.51. The van der Waals surface area contributed by atoms with Crippen LogP contribution in [-0.2, 0) is 21.0 Å². The molecule has 0 radical (unpaired) electrons. The smallest absolute Gasteiger partial charge is 0.408 e. The number of amides is 2. The number of nitrogens with one attached hydrogen (secondary N) is 1.